The molecule has 3 rings (SSSR count). The molecule has 0 saturated carbocycles. The number of ether oxygens (including phenoxy) is 1. The second kappa shape index (κ2) is 7.03. The van der Waals surface area contributed by atoms with Crippen LogP contribution in [0, 0.1) is 5.92 Å². The predicted octanol–water partition coefficient (Wildman–Crippen LogP) is 2.68. The number of nitrogens with one attached hydrogen (secondary N) is 1. The van der Waals surface area contributed by atoms with E-state index in [1.807, 2.05) is 18.2 Å². The third-order valence-electron chi connectivity index (χ3n) is 3.94. The largest absolute Gasteiger partial charge is 0.383 e. The molecule has 4 nitrogen and oxygen atoms in total. The first-order valence-corrected chi connectivity index (χ1v) is 8.40. The van der Waals surface area contributed by atoms with Crippen molar-refractivity contribution < 1.29 is 9.53 Å². The lowest BCUT2D eigenvalue weighted by Crippen LogP contribution is -2.35. The van der Waals surface area contributed by atoms with Crippen molar-refractivity contribution >= 4 is 17.2 Å². The summed E-state index contributed by atoms with van der Waals surface area (Å²) in [5.41, 5.74) is 2.33. The average Bonchev–Trinajstić information content (AvgIpc) is 2.99. The summed E-state index contributed by atoms with van der Waals surface area (Å²) in [6.07, 6.45) is 2.57. The summed E-state index contributed by atoms with van der Waals surface area (Å²) in [7, 11) is 1.64. The Morgan fingerprint density at radius 3 is 3.00 bits per heavy atom. The Hall–Kier alpha value is -1.72. The summed E-state index contributed by atoms with van der Waals surface area (Å²) in [6.45, 7) is 1.14. The lowest BCUT2D eigenvalue weighted by Gasteiger charge is -2.20. The van der Waals surface area contributed by atoms with Crippen LogP contribution in [-0.2, 0) is 22.4 Å². The molecule has 1 aromatic heterocycles. The van der Waals surface area contributed by atoms with Crippen LogP contribution in [0.15, 0.2) is 30.3 Å². The molecule has 0 spiro atoms. The molecule has 22 heavy (non-hydrogen) atoms. The normalized spacial score (nSPS) is 17.0. The molecule has 1 atom stereocenters. The van der Waals surface area contributed by atoms with Crippen LogP contribution in [0.5, 0.6) is 0 Å². The smallest absolute Gasteiger partial charge is 0.223 e. The van der Waals surface area contributed by atoms with Gasteiger partial charge in [-0.1, -0.05) is 30.3 Å². The number of nitrogens with zero attached hydrogens (tertiary/aromatic N) is 1. The van der Waals surface area contributed by atoms with E-state index in [0.717, 1.165) is 29.8 Å². The van der Waals surface area contributed by atoms with Gasteiger partial charge in [0, 0.05) is 30.0 Å². The van der Waals surface area contributed by atoms with E-state index < -0.39 is 0 Å². The van der Waals surface area contributed by atoms with Crippen molar-refractivity contribution in [2.75, 3.05) is 20.3 Å². The van der Waals surface area contributed by atoms with Crippen molar-refractivity contribution in [3.8, 4) is 10.6 Å². The summed E-state index contributed by atoms with van der Waals surface area (Å²) < 4.78 is 4.97. The van der Waals surface area contributed by atoms with Crippen molar-refractivity contribution in [3.63, 3.8) is 0 Å². The number of hydrogen-bond acceptors (Lipinski definition) is 4. The Morgan fingerprint density at radius 2 is 2.23 bits per heavy atom. The van der Waals surface area contributed by atoms with Crippen molar-refractivity contribution in [2.24, 2.45) is 5.92 Å². The Balaban J connectivity index is 1.68. The van der Waals surface area contributed by atoms with Gasteiger partial charge in [0.25, 0.3) is 0 Å². The summed E-state index contributed by atoms with van der Waals surface area (Å²) in [4.78, 5) is 18.2. The van der Waals surface area contributed by atoms with Crippen LogP contribution in [0.3, 0.4) is 0 Å². The van der Waals surface area contributed by atoms with E-state index in [2.05, 4.69) is 17.4 Å². The SMILES string of the molecule is COCCNC(=O)C1CCc2nc(-c3ccccc3)sc2C1. The van der Waals surface area contributed by atoms with E-state index in [-0.39, 0.29) is 11.8 Å². The zero-order valence-electron chi connectivity index (χ0n) is 12.7. The maximum absolute atomic E-state index is 12.2. The Labute approximate surface area is 134 Å². The third kappa shape index (κ3) is 3.36. The number of aromatic nitrogens is 1. The van der Waals surface area contributed by atoms with Gasteiger partial charge in [0.2, 0.25) is 5.91 Å². The van der Waals surface area contributed by atoms with Gasteiger partial charge in [-0.2, -0.15) is 0 Å². The van der Waals surface area contributed by atoms with E-state index in [4.69, 9.17) is 9.72 Å². The van der Waals surface area contributed by atoms with Gasteiger partial charge < -0.3 is 10.1 Å². The molecule has 1 aliphatic rings. The highest BCUT2D eigenvalue weighted by Gasteiger charge is 2.27. The first kappa shape index (κ1) is 15.2. The molecular weight excluding hydrogens is 296 g/mol. The zero-order chi connectivity index (χ0) is 15.4. The molecule has 1 aliphatic carbocycles. The molecule has 1 aromatic carbocycles. The lowest BCUT2D eigenvalue weighted by atomic mass is 9.90. The van der Waals surface area contributed by atoms with Crippen LogP contribution < -0.4 is 5.32 Å². The van der Waals surface area contributed by atoms with Gasteiger partial charge in [0.15, 0.2) is 0 Å². The van der Waals surface area contributed by atoms with Gasteiger partial charge in [0.05, 0.1) is 12.3 Å². The Bertz CT molecular complexity index is 639. The molecule has 0 radical (unpaired) electrons. The van der Waals surface area contributed by atoms with Crippen LogP contribution in [0.25, 0.3) is 10.6 Å². The molecule has 5 heteroatoms. The van der Waals surface area contributed by atoms with Crippen molar-refractivity contribution in [1.29, 1.82) is 0 Å². The molecule has 116 valence electrons. The fourth-order valence-electron chi connectivity index (χ4n) is 2.72. The number of methoxy groups -OCH3 is 1. The van der Waals surface area contributed by atoms with E-state index in [0.29, 0.717) is 13.2 Å². The lowest BCUT2D eigenvalue weighted by molar-refractivity contribution is -0.125. The van der Waals surface area contributed by atoms with Gasteiger partial charge in [-0.25, -0.2) is 4.98 Å². The number of benzene rings is 1. The minimum atomic E-state index is 0.0634. The second-order valence-electron chi connectivity index (χ2n) is 5.48. The third-order valence-corrected chi connectivity index (χ3v) is 5.11. The number of amides is 1. The van der Waals surface area contributed by atoms with Crippen LogP contribution in [-0.4, -0.2) is 31.2 Å². The molecular formula is C17H20N2O2S. The van der Waals surface area contributed by atoms with Crippen LogP contribution in [0.4, 0.5) is 0 Å². The van der Waals surface area contributed by atoms with Gasteiger partial charge in [-0.3, -0.25) is 4.79 Å². The molecule has 0 bridgehead atoms. The maximum atomic E-state index is 12.2. The highest BCUT2D eigenvalue weighted by Crippen LogP contribution is 2.34. The van der Waals surface area contributed by atoms with Gasteiger partial charge in [-0.15, -0.1) is 11.3 Å². The standard InChI is InChI=1S/C17H20N2O2S/c1-21-10-9-18-16(20)13-7-8-14-15(11-13)22-17(19-14)12-5-3-2-4-6-12/h2-6,13H,7-11H2,1H3,(H,18,20). The Kier molecular flexibility index (Phi) is 4.85. The number of carbonyl (C=O) groups excluding carboxylic acids is 1. The number of thiazole rings is 1. The average molecular weight is 316 g/mol. The van der Waals surface area contributed by atoms with Crippen molar-refractivity contribution in [1.82, 2.24) is 10.3 Å². The highest BCUT2D eigenvalue weighted by molar-refractivity contribution is 7.15. The van der Waals surface area contributed by atoms with Gasteiger partial charge in [0.1, 0.15) is 5.01 Å². The molecule has 2 aromatic rings. The maximum Gasteiger partial charge on any atom is 0.223 e. The highest BCUT2D eigenvalue weighted by atomic mass is 32.1. The summed E-state index contributed by atoms with van der Waals surface area (Å²) in [6, 6.07) is 10.2. The van der Waals surface area contributed by atoms with Crippen molar-refractivity contribution in [2.45, 2.75) is 19.3 Å². The van der Waals surface area contributed by atoms with E-state index in [1.165, 1.54) is 10.6 Å². The van der Waals surface area contributed by atoms with Crippen LogP contribution in [0.1, 0.15) is 17.0 Å². The first-order valence-electron chi connectivity index (χ1n) is 7.58. The fourth-order valence-corrected chi connectivity index (χ4v) is 3.92. The monoisotopic (exact) mass is 316 g/mol. The van der Waals surface area contributed by atoms with Crippen molar-refractivity contribution in [3.05, 3.63) is 40.9 Å². The van der Waals surface area contributed by atoms with E-state index in [9.17, 15) is 4.79 Å². The molecule has 1 N–H and O–H groups in total. The second-order valence-corrected chi connectivity index (χ2v) is 6.56. The Morgan fingerprint density at radius 1 is 1.41 bits per heavy atom. The number of carbonyl (C=O) groups is 1. The molecule has 1 heterocycles. The number of fused-ring (bicyclic) bond motifs is 1. The molecule has 0 aliphatic heterocycles. The zero-order valence-corrected chi connectivity index (χ0v) is 13.5. The van der Waals surface area contributed by atoms with Gasteiger partial charge in [-0.05, 0) is 19.3 Å². The first-order chi connectivity index (χ1) is 10.8. The van der Waals surface area contributed by atoms with E-state index in [1.54, 1.807) is 18.4 Å². The minimum absolute atomic E-state index is 0.0634. The summed E-state index contributed by atoms with van der Waals surface area (Å²) in [5.74, 6) is 0.200. The van der Waals surface area contributed by atoms with Crippen LogP contribution in [0.2, 0.25) is 0 Å². The number of rotatable bonds is 5. The summed E-state index contributed by atoms with van der Waals surface area (Å²) in [5, 5.41) is 4.00. The molecule has 1 unspecified atom stereocenters. The molecule has 1 amide bonds. The topological polar surface area (TPSA) is 51.2 Å². The predicted molar refractivity (Wildman–Crippen MR) is 88.0 cm³/mol. The minimum Gasteiger partial charge on any atom is -0.383 e. The van der Waals surface area contributed by atoms with Gasteiger partial charge >= 0.3 is 0 Å². The summed E-state index contributed by atoms with van der Waals surface area (Å²) >= 11 is 1.72. The van der Waals surface area contributed by atoms with Crippen LogP contribution >= 0.6 is 11.3 Å². The quantitative estimate of drug-likeness (QED) is 0.863. The molecule has 0 fully saturated rings. The van der Waals surface area contributed by atoms with E-state index >= 15 is 0 Å². The number of hydrogen-bond donors (Lipinski definition) is 1. The molecule has 0 saturated heterocycles. The fraction of sp³-hybridized carbons (Fsp3) is 0.412. The number of aryl methyl sites for hydroxylation is 1.